The smallest absolute Gasteiger partial charge is 0.248 e. The predicted octanol–water partition coefficient (Wildman–Crippen LogP) is 3.77. The molecule has 1 aliphatic heterocycles. The van der Waals surface area contributed by atoms with Gasteiger partial charge in [0.1, 0.15) is 0 Å². The summed E-state index contributed by atoms with van der Waals surface area (Å²) in [5.41, 5.74) is 7.28. The molecule has 0 spiro atoms. The number of benzene rings is 1. The highest BCUT2D eigenvalue weighted by atomic mass is 127. The van der Waals surface area contributed by atoms with Gasteiger partial charge in [0.05, 0.1) is 6.54 Å². The highest BCUT2D eigenvalue weighted by Crippen LogP contribution is 2.33. The fourth-order valence-corrected chi connectivity index (χ4v) is 3.67. The Morgan fingerprint density at radius 2 is 2.00 bits per heavy atom. The Bertz CT molecular complexity index is 598. The Labute approximate surface area is 174 Å². The lowest BCUT2D eigenvalue weighted by atomic mass is 9.78. The second-order valence-electron chi connectivity index (χ2n) is 7.32. The number of guanidine groups is 1. The van der Waals surface area contributed by atoms with E-state index >= 15 is 0 Å². The first-order chi connectivity index (χ1) is 12.0. The standard InChI is InChI=1S/C20H32N4O.HI/c1-4-11-20(3)12-6-13-24(15-20)19(22-5-2)23-14-16-7-9-17(10-8-16)18(21)25;/h7-10H,4-6,11-15H2,1-3H3,(H2,21,25)(H,22,23);1H. The molecule has 26 heavy (non-hydrogen) atoms. The molecule has 1 unspecified atom stereocenters. The summed E-state index contributed by atoms with van der Waals surface area (Å²) in [5, 5.41) is 3.43. The minimum atomic E-state index is -0.396. The van der Waals surface area contributed by atoms with Crippen molar-refractivity contribution >= 4 is 35.8 Å². The highest BCUT2D eigenvalue weighted by Gasteiger charge is 2.31. The van der Waals surface area contributed by atoms with E-state index in [1.165, 1.54) is 25.7 Å². The van der Waals surface area contributed by atoms with Crippen molar-refractivity contribution in [1.29, 1.82) is 0 Å². The van der Waals surface area contributed by atoms with Gasteiger partial charge in [-0.25, -0.2) is 4.99 Å². The van der Waals surface area contributed by atoms with Crippen molar-refractivity contribution in [3.63, 3.8) is 0 Å². The van der Waals surface area contributed by atoms with Crippen LogP contribution in [0.5, 0.6) is 0 Å². The molecule has 1 atom stereocenters. The minimum absolute atomic E-state index is 0. The maximum absolute atomic E-state index is 11.2. The van der Waals surface area contributed by atoms with Crippen LogP contribution in [0.2, 0.25) is 0 Å². The number of carbonyl (C=O) groups excluding carboxylic acids is 1. The van der Waals surface area contributed by atoms with Gasteiger partial charge in [0.15, 0.2) is 5.96 Å². The molecule has 6 heteroatoms. The van der Waals surface area contributed by atoms with Gasteiger partial charge in [-0.1, -0.05) is 32.4 Å². The number of nitrogens with zero attached hydrogens (tertiary/aromatic N) is 2. The fourth-order valence-electron chi connectivity index (χ4n) is 3.67. The third-order valence-corrected chi connectivity index (χ3v) is 4.92. The summed E-state index contributed by atoms with van der Waals surface area (Å²) in [6.07, 6.45) is 5.00. The molecule has 146 valence electrons. The van der Waals surface area contributed by atoms with Crippen LogP contribution in [0.3, 0.4) is 0 Å². The molecule has 2 rings (SSSR count). The van der Waals surface area contributed by atoms with E-state index in [0.717, 1.165) is 31.2 Å². The van der Waals surface area contributed by atoms with Crippen LogP contribution in [0.4, 0.5) is 0 Å². The normalized spacial score (nSPS) is 20.4. The predicted molar refractivity (Wildman–Crippen MR) is 119 cm³/mol. The summed E-state index contributed by atoms with van der Waals surface area (Å²) >= 11 is 0. The minimum Gasteiger partial charge on any atom is -0.366 e. The van der Waals surface area contributed by atoms with Crippen molar-refractivity contribution in [3.8, 4) is 0 Å². The molecule has 5 nitrogen and oxygen atoms in total. The first-order valence-electron chi connectivity index (χ1n) is 9.39. The number of primary amides is 1. The number of halogens is 1. The molecule has 1 heterocycles. The highest BCUT2D eigenvalue weighted by molar-refractivity contribution is 14.0. The van der Waals surface area contributed by atoms with Gasteiger partial charge in [-0.15, -0.1) is 24.0 Å². The van der Waals surface area contributed by atoms with Crippen molar-refractivity contribution < 1.29 is 4.79 Å². The van der Waals surface area contributed by atoms with E-state index in [-0.39, 0.29) is 24.0 Å². The van der Waals surface area contributed by atoms with Crippen molar-refractivity contribution in [2.45, 2.75) is 53.0 Å². The lowest BCUT2D eigenvalue weighted by Gasteiger charge is -2.42. The number of rotatable bonds is 6. The lowest BCUT2D eigenvalue weighted by Crippen LogP contribution is -2.49. The van der Waals surface area contributed by atoms with Crippen LogP contribution in [-0.2, 0) is 6.54 Å². The van der Waals surface area contributed by atoms with Gasteiger partial charge in [0.2, 0.25) is 5.91 Å². The number of aliphatic imine (C=N–C) groups is 1. The summed E-state index contributed by atoms with van der Waals surface area (Å²) < 4.78 is 0. The summed E-state index contributed by atoms with van der Waals surface area (Å²) in [5.74, 6) is 0.593. The zero-order valence-corrected chi connectivity index (χ0v) is 18.6. The van der Waals surface area contributed by atoms with Crippen LogP contribution in [0.1, 0.15) is 62.4 Å². The van der Waals surface area contributed by atoms with E-state index in [9.17, 15) is 4.79 Å². The van der Waals surface area contributed by atoms with E-state index in [1.54, 1.807) is 12.1 Å². The zero-order chi connectivity index (χ0) is 18.3. The Morgan fingerprint density at radius 3 is 2.58 bits per heavy atom. The molecule has 1 aromatic carbocycles. The lowest BCUT2D eigenvalue weighted by molar-refractivity contribution is 0.100. The maximum atomic E-state index is 11.2. The first-order valence-corrected chi connectivity index (χ1v) is 9.39. The summed E-state index contributed by atoms with van der Waals surface area (Å²) in [4.78, 5) is 18.4. The molecule has 3 N–H and O–H groups in total. The molecular formula is C20H33IN4O. The van der Waals surface area contributed by atoms with E-state index in [1.807, 2.05) is 12.1 Å². The van der Waals surface area contributed by atoms with Gasteiger partial charge < -0.3 is 16.0 Å². The largest absolute Gasteiger partial charge is 0.366 e. The maximum Gasteiger partial charge on any atom is 0.248 e. The number of hydrogen-bond acceptors (Lipinski definition) is 2. The number of likely N-dealkylation sites (tertiary alicyclic amines) is 1. The number of carbonyl (C=O) groups is 1. The van der Waals surface area contributed by atoms with Crippen molar-refractivity contribution in [1.82, 2.24) is 10.2 Å². The van der Waals surface area contributed by atoms with Crippen LogP contribution in [0.15, 0.2) is 29.3 Å². The number of nitrogens with two attached hydrogens (primary N) is 1. The molecule has 1 amide bonds. The van der Waals surface area contributed by atoms with Crippen LogP contribution in [0, 0.1) is 5.41 Å². The Kier molecular flexibility index (Phi) is 9.39. The summed E-state index contributed by atoms with van der Waals surface area (Å²) in [6, 6.07) is 7.37. The van der Waals surface area contributed by atoms with Gasteiger partial charge in [-0.2, -0.15) is 0 Å². The van der Waals surface area contributed by atoms with Crippen molar-refractivity contribution in [2.75, 3.05) is 19.6 Å². The van der Waals surface area contributed by atoms with Gasteiger partial charge in [0, 0.05) is 25.2 Å². The number of piperidine rings is 1. The Balaban J connectivity index is 0.00000338. The van der Waals surface area contributed by atoms with Gasteiger partial charge in [-0.05, 0) is 49.3 Å². The monoisotopic (exact) mass is 472 g/mol. The molecule has 0 saturated carbocycles. The van der Waals surface area contributed by atoms with E-state index < -0.39 is 5.91 Å². The third kappa shape index (κ3) is 6.45. The molecule has 1 aliphatic rings. The molecule has 1 fully saturated rings. The Hall–Kier alpha value is -1.31. The average Bonchev–Trinajstić information content (AvgIpc) is 2.59. The molecule has 1 saturated heterocycles. The van der Waals surface area contributed by atoms with Gasteiger partial charge >= 0.3 is 0 Å². The Morgan fingerprint density at radius 1 is 1.31 bits per heavy atom. The second kappa shape index (κ2) is 10.7. The topological polar surface area (TPSA) is 70.7 Å². The number of nitrogens with one attached hydrogen (secondary N) is 1. The van der Waals surface area contributed by atoms with Crippen LogP contribution < -0.4 is 11.1 Å². The fraction of sp³-hybridized carbons (Fsp3) is 0.600. The average molecular weight is 472 g/mol. The van der Waals surface area contributed by atoms with E-state index in [2.05, 4.69) is 31.0 Å². The quantitative estimate of drug-likeness (QED) is 0.376. The molecular weight excluding hydrogens is 439 g/mol. The van der Waals surface area contributed by atoms with Crippen molar-refractivity contribution in [3.05, 3.63) is 35.4 Å². The van der Waals surface area contributed by atoms with Gasteiger partial charge in [-0.3, -0.25) is 4.79 Å². The van der Waals surface area contributed by atoms with Crippen LogP contribution in [0.25, 0.3) is 0 Å². The van der Waals surface area contributed by atoms with Crippen LogP contribution >= 0.6 is 24.0 Å². The number of amides is 1. The third-order valence-electron chi connectivity index (χ3n) is 4.92. The van der Waals surface area contributed by atoms with Crippen molar-refractivity contribution in [2.24, 2.45) is 16.1 Å². The van der Waals surface area contributed by atoms with E-state index in [4.69, 9.17) is 10.7 Å². The summed E-state index contributed by atoms with van der Waals surface area (Å²) in [7, 11) is 0. The molecule has 0 radical (unpaired) electrons. The molecule has 0 aromatic heterocycles. The second-order valence-corrected chi connectivity index (χ2v) is 7.32. The molecule has 0 aliphatic carbocycles. The van der Waals surface area contributed by atoms with Crippen LogP contribution in [-0.4, -0.2) is 36.4 Å². The van der Waals surface area contributed by atoms with E-state index in [0.29, 0.717) is 17.5 Å². The first kappa shape index (κ1) is 22.7. The molecule has 1 aromatic rings. The zero-order valence-electron chi connectivity index (χ0n) is 16.3. The molecule has 0 bridgehead atoms. The summed E-state index contributed by atoms with van der Waals surface area (Å²) in [6.45, 7) is 10.3. The number of hydrogen-bond donors (Lipinski definition) is 2. The SMILES string of the molecule is CCCC1(C)CCCN(C(=NCc2ccc(C(N)=O)cc2)NCC)C1.I. The van der Waals surface area contributed by atoms with Gasteiger partial charge in [0.25, 0.3) is 0 Å².